The molecule has 0 unspecified atom stereocenters. The van der Waals surface area contributed by atoms with Crippen molar-refractivity contribution in [1.29, 1.82) is 0 Å². The lowest BCUT2D eigenvalue weighted by molar-refractivity contribution is -0.123. The number of esters is 1. The van der Waals surface area contributed by atoms with Crippen molar-refractivity contribution in [3.8, 4) is 0 Å². The van der Waals surface area contributed by atoms with Crippen molar-refractivity contribution in [2.24, 2.45) is 0 Å². The first kappa shape index (κ1) is 23.4. The first-order valence-corrected chi connectivity index (χ1v) is 10.6. The fourth-order valence-electron chi connectivity index (χ4n) is 3.14. The van der Waals surface area contributed by atoms with E-state index in [0.717, 1.165) is 31.2 Å². The normalized spacial score (nSPS) is 10.6. The highest BCUT2D eigenvalue weighted by atomic mass is 16.5. The third kappa shape index (κ3) is 7.19. The van der Waals surface area contributed by atoms with Crippen LogP contribution in [0.15, 0.2) is 48.5 Å². The maximum absolute atomic E-state index is 13.0. The second-order valence-corrected chi connectivity index (χ2v) is 7.08. The van der Waals surface area contributed by atoms with Gasteiger partial charge in [-0.25, -0.2) is 4.79 Å². The molecule has 2 aromatic rings. The molecule has 1 amide bonds. The molecule has 6 heteroatoms. The molecule has 2 rings (SSSR count). The number of carbonyl (C=O) groups is 2. The number of nitrogen functional groups attached to an aromatic ring is 1. The average molecular weight is 413 g/mol. The predicted octanol–water partition coefficient (Wildman–Crippen LogP) is 4.58. The third-order valence-electron chi connectivity index (χ3n) is 4.68. The van der Waals surface area contributed by atoms with Gasteiger partial charge >= 0.3 is 5.97 Å². The van der Waals surface area contributed by atoms with Gasteiger partial charge in [-0.1, -0.05) is 56.5 Å². The lowest BCUT2D eigenvalue weighted by Gasteiger charge is -2.25. The molecule has 0 atom stereocenters. The van der Waals surface area contributed by atoms with Crippen molar-refractivity contribution in [2.45, 2.75) is 46.1 Å². The number of hydrogen-bond acceptors (Lipinski definition) is 5. The lowest BCUT2D eigenvalue weighted by atomic mass is 10.1. The summed E-state index contributed by atoms with van der Waals surface area (Å²) < 4.78 is 10.8. The summed E-state index contributed by atoms with van der Waals surface area (Å²) in [5.41, 5.74) is 8.25. The van der Waals surface area contributed by atoms with Crippen molar-refractivity contribution >= 4 is 23.3 Å². The van der Waals surface area contributed by atoms with Crippen LogP contribution in [0.3, 0.4) is 0 Å². The van der Waals surface area contributed by atoms with Gasteiger partial charge < -0.3 is 20.1 Å². The van der Waals surface area contributed by atoms with Crippen LogP contribution in [-0.4, -0.2) is 31.6 Å². The van der Waals surface area contributed by atoms with Crippen LogP contribution in [0.2, 0.25) is 0 Å². The van der Waals surface area contributed by atoms with Crippen LogP contribution < -0.4 is 10.6 Å². The van der Waals surface area contributed by atoms with E-state index in [1.54, 1.807) is 30.0 Å². The van der Waals surface area contributed by atoms with E-state index in [-0.39, 0.29) is 19.1 Å². The number of rotatable bonds is 12. The van der Waals surface area contributed by atoms with Crippen LogP contribution in [0.5, 0.6) is 0 Å². The first-order valence-electron chi connectivity index (χ1n) is 10.6. The fraction of sp³-hybridized carbons (Fsp3) is 0.417. The highest BCUT2D eigenvalue weighted by molar-refractivity contribution is 6.03. The molecule has 0 saturated carbocycles. The molecule has 30 heavy (non-hydrogen) atoms. The zero-order chi connectivity index (χ0) is 21.8. The molecule has 0 saturated heterocycles. The first-order chi connectivity index (χ1) is 14.6. The van der Waals surface area contributed by atoms with Gasteiger partial charge in [0.15, 0.2) is 0 Å². The summed E-state index contributed by atoms with van der Waals surface area (Å²) in [4.78, 5) is 27.1. The molecular weight excluding hydrogens is 380 g/mol. The standard InChI is InChI=1S/C24H32N2O4/c1-3-5-6-10-15-26(23(27)18-29-17-19-11-8-7-9-12-19)22-16-20(25)13-14-21(22)24(28)30-4-2/h7-9,11-14,16H,3-6,10,15,17-18,25H2,1-2H3. The molecule has 0 aromatic heterocycles. The largest absolute Gasteiger partial charge is 0.462 e. The minimum Gasteiger partial charge on any atom is -0.462 e. The smallest absolute Gasteiger partial charge is 0.340 e. The van der Waals surface area contributed by atoms with E-state index in [4.69, 9.17) is 15.2 Å². The Balaban J connectivity index is 2.18. The van der Waals surface area contributed by atoms with Crippen LogP contribution >= 0.6 is 0 Å². The summed E-state index contributed by atoms with van der Waals surface area (Å²) in [6.45, 7) is 4.89. The van der Waals surface area contributed by atoms with Crippen LogP contribution in [0, 0.1) is 0 Å². The summed E-state index contributed by atoms with van der Waals surface area (Å²) in [6, 6.07) is 14.6. The van der Waals surface area contributed by atoms with Gasteiger partial charge in [-0.05, 0) is 37.1 Å². The minimum atomic E-state index is -0.468. The van der Waals surface area contributed by atoms with Crippen molar-refractivity contribution in [3.05, 3.63) is 59.7 Å². The van der Waals surface area contributed by atoms with Gasteiger partial charge in [0.25, 0.3) is 5.91 Å². The van der Waals surface area contributed by atoms with Crippen molar-refractivity contribution in [1.82, 2.24) is 0 Å². The van der Waals surface area contributed by atoms with Crippen LogP contribution in [-0.2, 0) is 20.9 Å². The summed E-state index contributed by atoms with van der Waals surface area (Å²) in [6.07, 6.45) is 4.02. The number of carbonyl (C=O) groups excluding carboxylic acids is 2. The Morgan fingerprint density at radius 1 is 1.00 bits per heavy atom. The number of nitrogens with two attached hydrogens (primary N) is 1. The highest BCUT2D eigenvalue weighted by Gasteiger charge is 2.23. The summed E-state index contributed by atoms with van der Waals surface area (Å²) in [5.74, 6) is -0.678. The monoisotopic (exact) mass is 412 g/mol. The molecule has 0 heterocycles. The van der Waals surface area contributed by atoms with Crippen molar-refractivity contribution in [3.63, 3.8) is 0 Å². The summed E-state index contributed by atoms with van der Waals surface area (Å²) >= 11 is 0. The Kier molecular flexibility index (Phi) is 9.87. The van der Waals surface area contributed by atoms with E-state index in [9.17, 15) is 9.59 Å². The maximum Gasteiger partial charge on any atom is 0.340 e. The van der Waals surface area contributed by atoms with Gasteiger partial charge in [-0.15, -0.1) is 0 Å². The Hall–Kier alpha value is -2.86. The zero-order valence-electron chi connectivity index (χ0n) is 17.9. The van der Waals surface area contributed by atoms with E-state index in [0.29, 0.717) is 30.1 Å². The number of amides is 1. The van der Waals surface area contributed by atoms with E-state index in [1.807, 2.05) is 30.3 Å². The Bertz CT molecular complexity index is 808. The zero-order valence-corrected chi connectivity index (χ0v) is 17.9. The van der Waals surface area contributed by atoms with Gasteiger partial charge in [0.05, 0.1) is 24.5 Å². The third-order valence-corrected chi connectivity index (χ3v) is 4.68. The molecule has 0 aliphatic carbocycles. The van der Waals surface area contributed by atoms with Gasteiger partial charge in [0, 0.05) is 12.2 Å². The number of ether oxygens (including phenoxy) is 2. The maximum atomic E-state index is 13.0. The van der Waals surface area contributed by atoms with Crippen LogP contribution in [0.1, 0.15) is 55.5 Å². The van der Waals surface area contributed by atoms with Crippen LogP contribution in [0.25, 0.3) is 0 Å². The van der Waals surface area contributed by atoms with E-state index in [2.05, 4.69) is 6.92 Å². The molecule has 2 N–H and O–H groups in total. The van der Waals surface area contributed by atoms with Gasteiger partial charge in [0.2, 0.25) is 0 Å². The van der Waals surface area contributed by atoms with E-state index in [1.165, 1.54) is 0 Å². The molecular formula is C24H32N2O4. The number of anilines is 2. The SMILES string of the molecule is CCCCCCN(C(=O)COCc1ccccc1)c1cc(N)ccc1C(=O)OCC. The van der Waals surface area contributed by atoms with E-state index < -0.39 is 5.97 Å². The fourth-order valence-corrected chi connectivity index (χ4v) is 3.14. The van der Waals surface area contributed by atoms with Crippen LogP contribution in [0.4, 0.5) is 11.4 Å². The molecule has 0 radical (unpaired) electrons. The Labute approximate surface area is 179 Å². The van der Waals surface area contributed by atoms with Gasteiger partial charge in [-0.3, -0.25) is 4.79 Å². The topological polar surface area (TPSA) is 81.9 Å². The Morgan fingerprint density at radius 3 is 2.47 bits per heavy atom. The molecule has 162 valence electrons. The number of unbranched alkanes of at least 4 members (excludes halogenated alkanes) is 3. The number of nitrogens with zero attached hydrogens (tertiary/aromatic N) is 1. The van der Waals surface area contributed by atoms with Gasteiger partial charge in [-0.2, -0.15) is 0 Å². The second kappa shape index (κ2) is 12.6. The molecule has 0 bridgehead atoms. The molecule has 0 fully saturated rings. The average Bonchev–Trinajstić information content (AvgIpc) is 2.74. The molecule has 6 nitrogen and oxygen atoms in total. The number of hydrogen-bond donors (Lipinski definition) is 1. The summed E-state index contributed by atoms with van der Waals surface area (Å²) in [7, 11) is 0. The molecule has 0 aliphatic rings. The van der Waals surface area contributed by atoms with Gasteiger partial charge in [0.1, 0.15) is 6.61 Å². The highest BCUT2D eigenvalue weighted by Crippen LogP contribution is 2.26. The molecule has 0 aliphatic heterocycles. The van der Waals surface area contributed by atoms with E-state index >= 15 is 0 Å². The number of benzene rings is 2. The van der Waals surface area contributed by atoms with Crippen molar-refractivity contribution < 1.29 is 19.1 Å². The lowest BCUT2D eigenvalue weighted by Crippen LogP contribution is -2.36. The molecule has 0 spiro atoms. The van der Waals surface area contributed by atoms with Crippen molar-refractivity contribution in [2.75, 3.05) is 30.4 Å². The second-order valence-electron chi connectivity index (χ2n) is 7.08. The minimum absolute atomic E-state index is 0.0836. The molecule has 2 aromatic carbocycles. The predicted molar refractivity (Wildman–Crippen MR) is 119 cm³/mol. The summed E-state index contributed by atoms with van der Waals surface area (Å²) in [5, 5.41) is 0. The Morgan fingerprint density at radius 2 is 1.77 bits per heavy atom. The quantitative estimate of drug-likeness (QED) is 0.314.